The number of aromatic nitrogens is 2. The predicted octanol–water partition coefficient (Wildman–Crippen LogP) is 11.4. The summed E-state index contributed by atoms with van der Waals surface area (Å²) in [6.45, 7) is 0. The Labute approximate surface area is 265 Å². The Morgan fingerprint density at radius 3 is 1.26 bits per heavy atom. The van der Waals surface area contributed by atoms with Gasteiger partial charge in [-0.3, -0.25) is 0 Å². The normalized spacial score (nSPS) is 11.5. The van der Waals surface area contributed by atoms with Crippen LogP contribution in [0.2, 0.25) is 0 Å². The second kappa shape index (κ2) is 13.7. The molecular formula is C32H20F8N4S2. The number of alkyl halides is 6. The van der Waals surface area contributed by atoms with E-state index in [4.69, 9.17) is 0 Å². The Kier molecular flexibility index (Phi) is 9.68. The third kappa shape index (κ3) is 8.67. The molecule has 46 heavy (non-hydrogen) atoms. The standard InChI is InChI=1S/2C16H10F4N2S/c2*17-12-5-1-3-10(7-12)14-9-23-15(22-14)21-13-6-2-4-11(8-13)16(18,19)20/h2*1-9H,(H,21,22). The maximum atomic E-state index is 13.2. The molecule has 0 saturated carbocycles. The van der Waals surface area contributed by atoms with E-state index in [0.29, 0.717) is 44.2 Å². The fraction of sp³-hybridized carbons (Fsp3) is 0.0625. The van der Waals surface area contributed by atoms with Gasteiger partial charge in [-0.1, -0.05) is 36.4 Å². The molecule has 6 rings (SSSR count). The summed E-state index contributed by atoms with van der Waals surface area (Å²) < 4.78 is 103. The third-order valence-corrected chi connectivity index (χ3v) is 7.65. The molecule has 0 aliphatic heterocycles. The molecule has 0 fully saturated rings. The minimum Gasteiger partial charge on any atom is -0.332 e. The molecule has 2 aromatic heterocycles. The molecule has 236 valence electrons. The summed E-state index contributed by atoms with van der Waals surface area (Å²) >= 11 is 2.47. The number of hydrogen-bond donors (Lipinski definition) is 2. The number of thiazole rings is 2. The smallest absolute Gasteiger partial charge is 0.332 e. The monoisotopic (exact) mass is 676 g/mol. The van der Waals surface area contributed by atoms with Gasteiger partial charge in [0.1, 0.15) is 11.6 Å². The van der Waals surface area contributed by atoms with Crippen LogP contribution in [0, 0.1) is 11.6 Å². The van der Waals surface area contributed by atoms with Gasteiger partial charge in [0.25, 0.3) is 0 Å². The van der Waals surface area contributed by atoms with Crippen molar-refractivity contribution >= 4 is 44.3 Å². The van der Waals surface area contributed by atoms with Gasteiger partial charge in [-0.15, -0.1) is 22.7 Å². The van der Waals surface area contributed by atoms with E-state index in [1.54, 1.807) is 35.0 Å². The van der Waals surface area contributed by atoms with Crippen molar-refractivity contribution in [2.45, 2.75) is 12.4 Å². The lowest BCUT2D eigenvalue weighted by molar-refractivity contribution is -0.138. The Morgan fingerprint density at radius 1 is 0.500 bits per heavy atom. The summed E-state index contributed by atoms with van der Waals surface area (Å²) in [6, 6.07) is 21.7. The third-order valence-electron chi connectivity index (χ3n) is 6.13. The number of halogens is 8. The van der Waals surface area contributed by atoms with E-state index in [1.807, 2.05) is 0 Å². The van der Waals surface area contributed by atoms with E-state index in [1.165, 1.54) is 71.2 Å². The summed E-state index contributed by atoms with van der Waals surface area (Å²) in [7, 11) is 0. The Bertz CT molecular complexity index is 1790. The van der Waals surface area contributed by atoms with Crippen molar-refractivity contribution < 1.29 is 35.1 Å². The van der Waals surface area contributed by atoms with E-state index >= 15 is 0 Å². The Balaban J connectivity index is 0.000000181. The predicted molar refractivity (Wildman–Crippen MR) is 164 cm³/mol. The molecule has 0 aliphatic rings. The average molecular weight is 677 g/mol. The first-order chi connectivity index (χ1) is 21.8. The van der Waals surface area contributed by atoms with E-state index in [2.05, 4.69) is 20.6 Å². The number of rotatable bonds is 6. The van der Waals surface area contributed by atoms with Gasteiger partial charge in [0, 0.05) is 33.3 Å². The van der Waals surface area contributed by atoms with Crippen LogP contribution in [0.15, 0.2) is 108 Å². The van der Waals surface area contributed by atoms with Gasteiger partial charge in [-0.25, -0.2) is 18.7 Å². The zero-order valence-corrected chi connectivity index (χ0v) is 24.8. The van der Waals surface area contributed by atoms with E-state index in [9.17, 15) is 35.1 Å². The number of nitrogens with zero attached hydrogens (tertiary/aromatic N) is 2. The maximum Gasteiger partial charge on any atom is 0.416 e. The van der Waals surface area contributed by atoms with E-state index < -0.39 is 23.5 Å². The molecule has 4 aromatic carbocycles. The molecular weight excluding hydrogens is 656 g/mol. The number of nitrogens with one attached hydrogen (secondary N) is 2. The van der Waals surface area contributed by atoms with Crippen LogP contribution in [0.5, 0.6) is 0 Å². The van der Waals surface area contributed by atoms with Crippen LogP contribution >= 0.6 is 22.7 Å². The minimum atomic E-state index is -4.40. The zero-order valence-electron chi connectivity index (χ0n) is 23.1. The highest BCUT2D eigenvalue weighted by Gasteiger charge is 2.31. The van der Waals surface area contributed by atoms with Gasteiger partial charge in [-0.05, 0) is 60.7 Å². The Hall–Kier alpha value is -4.82. The molecule has 2 N–H and O–H groups in total. The Morgan fingerprint density at radius 2 is 0.891 bits per heavy atom. The van der Waals surface area contributed by atoms with Crippen molar-refractivity contribution in [3.63, 3.8) is 0 Å². The van der Waals surface area contributed by atoms with Crippen LogP contribution in [-0.2, 0) is 12.4 Å². The molecule has 0 unspecified atom stereocenters. The topological polar surface area (TPSA) is 49.8 Å². The number of anilines is 4. The number of hydrogen-bond acceptors (Lipinski definition) is 6. The highest BCUT2D eigenvalue weighted by Crippen LogP contribution is 2.34. The van der Waals surface area contributed by atoms with Crippen molar-refractivity contribution in [3.8, 4) is 22.5 Å². The highest BCUT2D eigenvalue weighted by molar-refractivity contribution is 7.14. The molecule has 0 amide bonds. The molecule has 0 saturated heterocycles. The molecule has 6 aromatic rings. The highest BCUT2D eigenvalue weighted by atomic mass is 32.1. The van der Waals surface area contributed by atoms with Gasteiger partial charge in [0.15, 0.2) is 10.3 Å². The quantitative estimate of drug-likeness (QED) is 0.172. The lowest BCUT2D eigenvalue weighted by atomic mass is 10.2. The van der Waals surface area contributed by atoms with Gasteiger partial charge in [-0.2, -0.15) is 26.3 Å². The first kappa shape index (κ1) is 32.6. The maximum absolute atomic E-state index is 13.2. The minimum absolute atomic E-state index is 0.292. The van der Waals surface area contributed by atoms with Gasteiger partial charge >= 0.3 is 12.4 Å². The molecule has 0 radical (unpaired) electrons. The number of benzene rings is 4. The zero-order chi connectivity index (χ0) is 32.9. The molecule has 0 spiro atoms. The fourth-order valence-electron chi connectivity index (χ4n) is 4.02. The average Bonchev–Trinajstić information content (AvgIpc) is 3.67. The van der Waals surface area contributed by atoms with Crippen molar-refractivity contribution in [1.82, 2.24) is 9.97 Å². The van der Waals surface area contributed by atoms with Crippen LogP contribution in [-0.4, -0.2) is 9.97 Å². The van der Waals surface area contributed by atoms with Gasteiger partial charge in [0.05, 0.1) is 22.5 Å². The molecule has 2 heterocycles. The summed E-state index contributed by atoms with van der Waals surface area (Å²) in [6.07, 6.45) is -8.79. The molecule has 4 nitrogen and oxygen atoms in total. The lowest BCUT2D eigenvalue weighted by Crippen LogP contribution is -2.05. The van der Waals surface area contributed by atoms with Crippen molar-refractivity contribution in [2.24, 2.45) is 0 Å². The van der Waals surface area contributed by atoms with Crippen molar-refractivity contribution in [2.75, 3.05) is 10.6 Å². The van der Waals surface area contributed by atoms with Gasteiger partial charge < -0.3 is 10.6 Å². The molecule has 0 aliphatic carbocycles. The molecule has 0 atom stereocenters. The van der Waals surface area contributed by atoms with Crippen LogP contribution in [0.3, 0.4) is 0 Å². The summed E-state index contributed by atoms with van der Waals surface area (Å²) in [5, 5.41) is 9.96. The summed E-state index contributed by atoms with van der Waals surface area (Å²) in [5.74, 6) is -0.745. The second-order valence-corrected chi connectivity index (χ2v) is 11.2. The van der Waals surface area contributed by atoms with Crippen LogP contribution in [0.1, 0.15) is 11.1 Å². The van der Waals surface area contributed by atoms with E-state index in [-0.39, 0.29) is 11.6 Å². The lowest BCUT2D eigenvalue weighted by Gasteiger charge is -2.08. The molecule has 0 bridgehead atoms. The summed E-state index contributed by atoms with van der Waals surface area (Å²) in [4.78, 5) is 8.54. The van der Waals surface area contributed by atoms with Crippen LogP contribution in [0.25, 0.3) is 22.5 Å². The van der Waals surface area contributed by atoms with E-state index in [0.717, 1.165) is 24.3 Å². The largest absolute Gasteiger partial charge is 0.416 e. The van der Waals surface area contributed by atoms with Crippen molar-refractivity contribution in [3.05, 3.63) is 131 Å². The first-order valence-corrected chi connectivity index (χ1v) is 14.9. The SMILES string of the molecule is Fc1cccc(-c2csc(Nc3cccc(C(F)(F)F)c3)n2)c1.Fc1cccc(-c2csc(Nc3cccc(C(F)(F)F)c3)n2)c1. The van der Waals surface area contributed by atoms with Crippen LogP contribution < -0.4 is 10.6 Å². The van der Waals surface area contributed by atoms with Gasteiger partial charge in [0.2, 0.25) is 0 Å². The van der Waals surface area contributed by atoms with Crippen LogP contribution in [0.4, 0.5) is 56.8 Å². The first-order valence-electron chi connectivity index (χ1n) is 13.1. The van der Waals surface area contributed by atoms with Crippen molar-refractivity contribution in [1.29, 1.82) is 0 Å². The molecule has 14 heteroatoms. The summed E-state index contributed by atoms with van der Waals surface area (Å²) in [5.41, 5.74) is 1.46. The fourth-order valence-corrected chi connectivity index (χ4v) is 5.50. The second-order valence-electron chi connectivity index (χ2n) is 9.50.